The largest absolute Gasteiger partial charge is 0.506 e. The normalized spacial score (nSPS) is 11.0. The average molecular weight is 321 g/mol. The van der Waals surface area contributed by atoms with Crippen LogP contribution in [-0.2, 0) is 4.79 Å². The zero-order chi connectivity index (χ0) is 17.6. The van der Waals surface area contributed by atoms with Crippen LogP contribution in [0.1, 0.15) is 12.5 Å². The molecule has 0 aromatic heterocycles. The van der Waals surface area contributed by atoms with Crippen LogP contribution in [0, 0.1) is 21.4 Å². The topological polar surface area (TPSA) is 135 Å². The molecule has 0 unspecified atom stereocenters. The predicted octanol–water partition coefficient (Wildman–Crippen LogP) is 1.54. The van der Waals surface area contributed by atoms with Gasteiger partial charge in [-0.05, 0) is 13.0 Å². The van der Waals surface area contributed by atoms with Gasteiger partial charge in [-0.1, -0.05) is 0 Å². The van der Waals surface area contributed by atoms with E-state index < -0.39 is 27.9 Å². The Morgan fingerprint density at radius 1 is 1.43 bits per heavy atom. The third kappa shape index (κ3) is 3.68. The maximum atomic E-state index is 11.7. The first-order valence-corrected chi connectivity index (χ1v) is 6.43. The second-order valence-corrected chi connectivity index (χ2v) is 4.18. The van der Waals surface area contributed by atoms with Crippen LogP contribution in [0.5, 0.6) is 11.5 Å². The van der Waals surface area contributed by atoms with Crippen molar-refractivity contribution in [2.24, 2.45) is 0 Å². The molecular weight excluding hydrogens is 306 g/mol. The molecular formula is C14H15N3O6. The minimum Gasteiger partial charge on any atom is -0.506 e. The number of nitrogens with zero attached hydrogens (tertiary/aromatic N) is 2. The SMILES string of the molecule is CCNC(=O)/C(C#N)=C(\O)c1cc(OC)c(OC)c([N+](=O)[O-])c1. The fourth-order valence-corrected chi connectivity index (χ4v) is 1.82. The van der Waals surface area contributed by atoms with Gasteiger partial charge in [-0.15, -0.1) is 0 Å². The molecule has 0 aliphatic rings. The number of hydrogen-bond acceptors (Lipinski definition) is 7. The molecule has 0 radical (unpaired) electrons. The van der Waals surface area contributed by atoms with Gasteiger partial charge >= 0.3 is 5.69 Å². The molecule has 1 aromatic carbocycles. The summed E-state index contributed by atoms with van der Waals surface area (Å²) >= 11 is 0. The van der Waals surface area contributed by atoms with E-state index in [2.05, 4.69) is 5.32 Å². The van der Waals surface area contributed by atoms with E-state index in [1.807, 2.05) is 0 Å². The van der Waals surface area contributed by atoms with E-state index in [4.69, 9.17) is 14.7 Å². The molecule has 122 valence electrons. The van der Waals surface area contributed by atoms with Crippen LogP contribution in [0.25, 0.3) is 5.76 Å². The van der Waals surface area contributed by atoms with Crippen molar-refractivity contribution in [2.45, 2.75) is 6.92 Å². The summed E-state index contributed by atoms with van der Waals surface area (Å²) in [5.41, 5.74) is -1.15. The van der Waals surface area contributed by atoms with Crippen LogP contribution in [0.4, 0.5) is 5.69 Å². The zero-order valence-electron chi connectivity index (χ0n) is 12.7. The van der Waals surface area contributed by atoms with Crippen molar-refractivity contribution in [3.8, 4) is 17.6 Å². The molecule has 1 aromatic rings. The van der Waals surface area contributed by atoms with Crippen LogP contribution in [0.3, 0.4) is 0 Å². The number of carbonyl (C=O) groups excluding carboxylic acids is 1. The molecule has 1 amide bonds. The number of ether oxygens (including phenoxy) is 2. The zero-order valence-corrected chi connectivity index (χ0v) is 12.7. The summed E-state index contributed by atoms with van der Waals surface area (Å²) in [6, 6.07) is 3.80. The lowest BCUT2D eigenvalue weighted by atomic mass is 10.1. The fourth-order valence-electron chi connectivity index (χ4n) is 1.82. The van der Waals surface area contributed by atoms with Crippen molar-refractivity contribution >= 4 is 17.4 Å². The summed E-state index contributed by atoms with van der Waals surface area (Å²) < 4.78 is 9.92. The minimum absolute atomic E-state index is 0.0172. The number of rotatable bonds is 6. The lowest BCUT2D eigenvalue weighted by molar-refractivity contribution is -0.385. The van der Waals surface area contributed by atoms with Crippen molar-refractivity contribution < 1.29 is 24.3 Å². The van der Waals surface area contributed by atoms with Crippen LogP contribution < -0.4 is 14.8 Å². The van der Waals surface area contributed by atoms with Gasteiger partial charge in [0.05, 0.1) is 19.1 Å². The highest BCUT2D eigenvalue weighted by Crippen LogP contribution is 2.39. The van der Waals surface area contributed by atoms with Gasteiger partial charge in [0.2, 0.25) is 5.75 Å². The molecule has 0 spiro atoms. The second-order valence-electron chi connectivity index (χ2n) is 4.18. The molecule has 0 heterocycles. The highest BCUT2D eigenvalue weighted by atomic mass is 16.6. The molecule has 2 N–H and O–H groups in total. The highest BCUT2D eigenvalue weighted by molar-refractivity contribution is 6.03. The Morgan fingerprint density at radius 3 is 2.52 bits per heavy atom. The molecule has 0 aliphatic carbocycles. The first kappa shape index (κ1) is 17.8. The van der Waals surface area contributed by atoms with Crippen molar-refractivity contribution in [3.63, 3.8) is 0 Å². The van der Waals surface area contributed by atoms with Gasteiger partial charge in [-0.25, -0.2) is 0 Å². The summed E-state index contributed by atoms with van der Waals surface area (Å²) in [6.07, 6.45) is 0. The van der Waals surface area contributed by atoms with Crippen molar-refractivity contribution in [1.29, 1.82) is 5.26 Å². The summed E-state index contributed by atoms with van der Waals surface area (Å²) in [5, 5.41) is 32.7. The smallest absolute Gasteiger partial charge is 0.315 e. The van der Waals surface area contributed by atoms with Crippen molar-refractivity contribution in [3.05, 3.63) is 33.4 Å². The fraction of sp³-hybridized carbons (Fsp3) is 0.286. The Bertz CT molecular complexity index is 705. The standard InChI is InChI=1S/C14H15N3O6/c1-4-16-14(19)9(7-15)12(18)8-5-10(17(20)21)13(23-3)11(6-8)22-2/h5-6,18H,4H2,1-3H3,(H,16,19)/b12-9-. The van der Waals surface area contributed by atoms with Crippen molar-refractivity contribution in [2.75, 3.05) is 20.8 Å². The van der Waals surface area contributed by atoms with E-state index in [1.54, 1.807) is 13.0 Å². The number of nitrogens with one attached hydrogen (secondary N) is 1. The number of carbonyl (C=O) groups is 1. The summed E-state index contributed by atoms with van der Waals surface area (Å²) in [4.78, 5) is 22.1. The molecule has 0 fully saturated rings. The summed E-state index contributed by atoms with van der Waals surface area (Å²) in [7, 11) is 2.50. The number of nitro benzene ring substituents is 1. The van der Waals surface area contributed by atoms with Gasteiger partial charge < -0.3 is 19.9 Å². The number of likely N-dealkylation sites (N-methyl/N-ethyl adjacent to an activating group) is 1. The monoisotopic (exact) mass is 321 g/mol. The van der Waals surface area contributed by atoms with E-state index in [0.29, 0.717) is 0 Å². The number of methoxy groups -OCH3 is 2. The van der Waals surface area contributed by atoms with E-state index in [9.17, 15) is 20.0 Å². The van der Waals surface area contributed by atoms with E-state index in [-0.39, 0.29) is 23.6 Å². The molecule has 1 rings (SSSR count). The number of aliphatic hydroxyl groups is 1. The van der Waals surface area contributed by atoms with Crippen molar-refractivity contribution in [1.82, 2.24) is 5.32 Å². The Balaban J connectivity index is 3.59. The minimum atomic E-state index is -0.787. The van der Waals surface area contributed by atoms with E-state index in [0.717, 1.165) is 6.07 Å². The summed E-state index contributed by atoms with van der Waals surface area (Å²) in [6.45, 7) is 1.90. The molecule has 0 aliphatic heterocycles. The maximum Gasteiger partial charge on any atom is 0.315 e. The first-order valence-electron chi connectivity index (χ1n) is 6.43. The molecule has 0 saturated carbocycles. The van der Waals surface area contributed by atoms with Crippen LogP contribution >= 0.6 is 0 Å². The van der Waals surface area contributed by atoms with Gasteiger partial charge in [0.15, 0.2) is 11.3 Å². The van der Waals surface area contributed by atoms with Gasteiger partial charge in [-0.3, -0.25) is 14.9 Å². The number of amides is 1. The predicted molar refractivity (Wildman–Crippen MR) is 80.0 cm³/mol. The quantitative estimate of drug-likeness (QED) is 0.267. The molecule has 0 saturated heterocycles. The van der Waals surface area contributed by atoms with Gasteiger partial charge in [0.25, 0.3) is 5.91 Å². The lowest BCUT2D eigenvalue weighted by Crippen LogP contribution is -2.24. The van der Waals surface area contributed by atoms with Crippen LogP contribution in [0.15, 0.2) is 17.7 Å². The number of nitriles is 1. The van der Waals surface area contributed by atoms with Crippen LogP contribution in [0.2, 0.25) is 0 Å². The average Bonchev–Trinajstić information content (AvgIpc) is 2.54. The molecule has 9 nitrogen and oxygen atoms in total. The second kappa shape index (κ2) is 7.65. The van der Waals surface area contributed by atoms with Gasteiger partial charge in [-0.2, -0.15) is 5.26 Å². The Labute approximate surface area is 131 Å². The lowest BCUT2D eigenvalue weighted by Gasteiger charge is -2.11. The molecule has 23 heavy (non-hydrogen) atoms. The van der Waals surface area contributed by atoms with Gasteiger partial charge in [0, 0.05) is 18.2 Å². The first-order chi connectivity index (χ1) is 10.9. The Hall–Kier alpha value is -3.28. The van der Waals surface area contributed by atoms with Gasteiger partial charge in [0.1, 0.15) is 11.8 Å². The third-order valence-electron chi connectivity index (χ3n) is 2.84. The maximum absolute atomic E-state index is 11.7. The van der Waals surface area contributed by atoms with Crippen LogP contribution in [-0.4, -0.2) is 36.7 Å². The van der Waals surface area contributed by atoms with E-state index in [1.165, 1.54) is 20.3 Å². The molecule has 0 bridgehead atoms. The summed E-state index contributed by atoms with van der Waals surface area (Å²) in [5.74, 6) is -1.63. The Morgan fingerprint density at radius 2 is 2.09 bits per heavy atom. The molecule has 9 heteroatoms. The number of benzene rings is 1. The Kier molecular flexibility index (Phi) is 5.91. The molecule has 0 atom stereocenters. The van der Waals surface area contributed by atoms with E-state index >= 15 is 0 Å². The number of hydrogen-bond donors (Lipinski definition) is 2. The number of nitro groups is 1. The number of aliphatic hydroxyl groups excluding tert-OH is 1. The highest BCUT2D eigenvalue weighted by Gasteiger charge is 2.25. The third-order valence-corrected chi connectivity index (χ3v) is 2.84.